The van der Waals surface area contributed by atoms with Gasteiger partial charge in [-0.3, -0.25) is 10.00 Å². The van der Waals surface area contributed by atoms with Crippen LogP contribution in [0, 0.1) is 18.3 Å². The largest absolute Gasteiger partial charge is 0.299 e. The Morgan fingerprint density at radius 3 is 3.05 bits per heavy atom. The minimum Gasteiger partial charge on any atom is -0.299 e. The molecular formula is C14H21ClN4. The molecule has 0 amide bonds. The predicted molar refractivity (Wildman–Crippen MR) is 76.1 cm³/mol. The summed E-state index contributed by atoms with van der Waals surface area (Å²) in [6, 6.07) is 2.76. The van der Waals surface area contributed by atoms with E-state index in [1.54, 1.807) is 0 Å². The maximum Gasteiger partial charge on any atom is 0.108 e. The summed E-state index contributed by atoms with van der Waals surface area (Å²) in [4.78, 5) is 0. The lowest BCUT2D eigenvalue weighted by atomic mass is 9.80. The van der Waals surface area contributed by atoms with Gasteiger partial charge in [0.15, 0.2) is 0 Å². The van der Waals surface area contributed by atoms with Gasteiger partial charge in [-0.25, -0.2) is 0 Å². The molecule has 1 aliphatic rings. The number of hydrogen-bond acceptors (Lipinski definition) is 3. The number of rotatable bonds is 4. The first-order valence-electron chi connectivity index (χ1n) is 6.98. The Kier molecular flexibility index (Phi) is 4.49. The van der Waals surface area contributed by atoms with E-state index in [-0.39, 0.29) is 6.04 Å². The fourth-order valence-electron chi connectivity index (χ4n) is 2.78. The van der Waals surface area contributed by atoms with Gasteiger partial charge in [-0.1, -0.05) is 18.5 Å². The highest BCUT2D eigenvalue weighted by Crippen LogP contribution is 2.35. The zero-order valence-electron chi connectivity index (χ0n) is 11.6. The third-order valence-electron chi connectivity index (χ3n) is 3.88. The summed E-state index contributed by atoms with van der Waals surface area (Å²) in [6.07, 6.45) is 6.77. The van der Waals surface area contributed by atoms with Crippen LogP contribution in [0.5, 0.6) is 0 Å². The summed E-state index contributed by atoms with van der Waals surface area (Å²) in [5.41, 5.74) is 0.460. The van der Waals surface area contributed by atoms with Crippen LogP contribution in [0.2, 0.25) is 5.02 Å². The highest BCUT2D eigenvalue weighted by molar-refractivity contribution is 6.31. The molecule has 0 aromatic carbocycles. The van der Waals surface area contributed by atoms with E-state index in [2.05, 4.69) is 23.4 Å². The van der Waals surface area contributed by atoms with Crippen molar-refractivity contribution in [2.24, 2.45) is 0 Å². The second-order valence-electron chi connectivity index (χ2n) is 5.41. The van der Waals surface area contributed by atoms with Crippen molar-refractivity contribution >= 4 is 11.6 Å². The van der Waals surface area contributed by atoms with E-state index in [4.69, 9.17) is 11.6 Å². The van der Waals surface area contributed by atoms with E-state index in [1.807, 2.05) is 17.8 Å². The van der Waals surface area contributed by atoms with E-state index < -0.39 is 5.54 Å². The Morgan fingerprint density at radius 1 is 1.68 bits per heavy atom. The molecule has 2 unspecified atom stereocenters. The number of nitriles is 1. The first-order valence-corrected chi connectivity index (χ1v) is 7.35. The van der Waals surface area contributed by atoms with Crippen molar-refractivity contribution in [2.45, 2.75) is 57.5 Å². The third-order valence-corrected chi connectivity index (χ3v) is 4.25. The Hall–Kier alpha value is -1.05. The number of halogens is 1. The molecule has 1 N–H and O–H groups in total. The summed E-state index contributed by atoms with van der Waals surface area (Å²) in [5, 5.41) is 18.1. The SMILES string of the molecule is CCCNC1(C#N)CCCC(n2cc(Cl)c(C)n2)C1. The minimum absolute atomic E-state index is 0.268. The zero-order chi connectivity index (χ0) is 13.9. The predicted octanol–water partition coefficient (Wildman–Crippen LogP) is 3.22. The maximum atomic E-state index is 9.52. The van der Waals surface area contributed by atoms with E-state index in [0.29, 0.717) is 5.02 Å². The molecular weight excluding hydrogens is 260 g/mol. The van der Waals surface area contributed by atoms with Crippen LogP contribution < -0.4 is 5.32 Å². The van der Waals surface area contributed by atoms with Crippen molar-refractivity contribution in [3.8, 4) is 6.07 Å². The second-order valence-corrected chi connectivity index (χ2v) is 5.82. The Labute approximate surface area is 119 Å². The Bertz CT molecular complexity index is 457. The van der Waals surface area contributed by atoms with Gasteiger partial charge in [0.1, 0.15) is 5.54 Å². The first kappa shape index (κ1) is 14.4. The molecule has 1 heterocycles. The molecule has 1 aromatic heterocycles. The molecule has 0 bridgehead atoms. The van der Waals surface area contributed by atoms with Crippen LogP contribution in [0.25, 0.3) is 0 Å². The minimum atomic E-state index is -0.398. The van der Waals surface area contributed by atoms with Crippen LogP contribution in [-0.4, -0.2) is 21.9 Å². The number of hydrogen-bond donors (Lipinski definition) is 1. The van der Waals surface area contributed by atoms with Crippen molar-refractivity contribution in [3.63, 3.8) is 0 Å². The molecule has 19 heavy (non-hydrogen) atoms. The molecule has 5 heteroatoms. The maximum absolute atomic E-state index is 9.52. The summed E-state index contributed by atoms with van der Waals surface area (Å²) >= 11 is 6.07. The van der Waals surface area contributed by atoms with Gasteiger partial charge in [-0.2, -0.15) is 10.4 Å². The molecule has 0 saturated heterocycles. The molecule has 2 rings (SSSR count). The second kappa shape index (κ2) is 5.94. The van der Waals surface area contributed by atoms with Crippen LogP contribution in [0.4, 0.5) is 0 Å². The van der Waals surface area contributed by atoms with Crippen molar-refractivity contribution < 1.29 is 0 Å². The lowest BCUT2D eigenvalue weighted by molar-refractivity contribution is 0.220. The molecule has 1 aromatic rings. The average Bonchev–Trinajstić information content (AvgIpc) is 2.77. The number of aryl methyl sites for hydroxylation is 1. The van der Waals surface area contributed by atoms with Gasteiger partial charge in [0, 0.05) is 12.6 Å². The molecule has 0 radical (unpaired) electrons. The number of nitrogens with one attached hydrogen (secondary N) is 1. The van der Waals surface area contributed by atoms with Gasteiger partial charge in [0.25, 0.3) is 0 Å². The first-order chi connectivity index (χ1) is 9.10. The van der Waals surface area contributed by atoms with Gasteiger partial charge < -0.3 is 0 Å². The number of nitrogens with zero attached hydrogens (tertiary/aromatic N) is 3. The van der Waals surface area contributed by atoms with Crippen LogP contribution in [-0.2, 0) is 0 Å². The van der Waals surface area contributed by atoms with Crippen LogP contribution in [0.15, 0.2) is 6.20 Å². The Balaban J connectivity index is 2.13. The van der Waals surface area contributed by atoms with Crippen molar-refractivity contribution in [3.05, 3.63) is 16.9 Å². The normalized spacial score (nSPS) is 27.2. The van der Waals surface area contributed by atoms with Gasteiger partial charge in [-0.05, 0) is 39.2 Å². The quantitative estimate of drug-likeness (QED) is 0.921. The van der Waals surface area contributed by atoms with Crippen LogP contribution in [0.1, 0.15) is 50.8 Å². The lowest BCUT2D eigenvalue weighted by Crippen LogP contribution is -2.48. The summed E-state index contributed by atoms with van der Waals surface area (Å²) < 4.78 is 1.94. The lowest BCUT2D eigenvalue weighted by Gasteiger charge is -2.36. The fraction of sp³-hybridized carbons (Fsp3) is 0.714. The smallest absolute Gasteiger partial charge is 0.108 e. The van der Waals surface area contributed by atoms with Gasteiger partial charge in [-0.15, -0.1) is 0 Å². The number of aromatic nitrogens is 2. The zero-order valence-corrected chi connectivity index (χ0v) is 12.4. The topological polar surface area (TPSA) is 53.6 Å². The van der Waals surface area contributed by atoms with Crippen molar-refractivity contribution in [2.75, 3.05) is 6.54 Å². The highest BCUT2D eigenvalue weighted by Gasteiger charge is 2.37. The average molecular weight is 281 g/mol. The van der Waals surface area contributed by atoms with E-state index >= 15 is 0 Å². The highest BCUT2D eigenvalue weighted by atomic mass is 35.5. The van der Waals surface area contributed by atoms with E-state index in [9.17, 15) is 5.26 Å². The fourth-order valence-corrected chi connectivity index (χ4v) is 2.92. The summed E-state index contributed by atoms with van der Waals surface area (Å²) in [6.45, 7) is 4.92. The Morgan fingerprint density at radius 2 is 2.47 bits per heavy atom. The molecule has 0 spiro atoms. The van der Waals surface area contributed by atoms with E-state index in [1.165, 1.54) is 0 Å². The monoisotopic (exact) mass is 280 g/mol. The molecule has 0 aliphatic heterocycles. The van der Waals surface area contributed by atoms with Crippen LogP contribution in [0.3, 0.4) is 0 Å². The van der Waals surface area contributed by atoms with E-state index in [0.717, 1.165) is 44.3 Å². The molecule has 1 aliphatic carbocycles. The van der Waals surface area contributed by atoms with Gasteiger partial charge >= 0.3 is 0 Å². The van der Waals surface area contributed by atoms with Gasteiger partial charge in [0.2, 0.25) is 0 Å². The van der Waals surface area contributed by atoms with Gasteiger partial charge in [0.05, 0.1) is 22.8 Å². The molecule has 104 valence electrons. The third kappa shape index (κ3) is 3.10. The van der Waals surface area contributed by atoms with Crippen molar-refractivity contribution in [1.82, 2.24) is 15.1 Å². The molecule has 2 atom stereocenters. The summed E-state index contributed by atoms with van der Waals surface area (Å²) in [5.74, 6) is 0. The summed E-state index contributed by atoms with van der Waals surface area (Å²) in [7, 11) is 0. The molecule has 1 saturated carbocycles. The van der Waals surface area contributed by atoms with Crippen LogP contribution >= 0.6 is 11.6 Å². The van der Waals surface area contributed by atoms with Crippen molar-refractivity contribution in [1.29, 1.82) is 5.26 Å². The standard InChI is InChI=1S/C14H21ClN4/c1-3-7-17-14(10-16)6-4-5-12(8-14)19-9-13(15)11(2)18-19/h9,12,17H,3-8H2,1-2H3. The molecule has 1 fully saturated rings. The molecule has 4 nitrogen and oxygen atoms in total.